The highest BCUT2D eigenvalue weighted by molar-refractivity contribution is 9.10. The minimum Gasteiger partial charge on any atom is -0.228 e. The lowest BCUT2D eigenvalue weighted by Gasteiger charge is -2.09. The Bertz CT molecular complexity index is 1310. The zero-order valence-electron chi connectivity index (χ0n) is 14.5. The van der Waals surface area contributed by atoms with Gasteiger partial charge in [0.2, 0.25) is 0 Å². The second-order valence-corrected chi connectivity index (χ2v) is 9.21. The Morgan fingerprint density at radius 2 is 1.71 bits per heavy atom. The lowest BCUT2D eigenvalue weighted by atomic mass is 10.2. The zero-order chi connectivity index (χ0) is 19.7. The third kappa shape index (κ3) is 3.63. The van der Waals surface area contributed by atoms with Crippen LogP contribution in [0.25, 0.3) is 23.2 Å². The Morgan fingerprint density at radius 1 is 0.929 bits per heavy atom. The SMILES string of the molecule is O=S(=O)(c1cccc(Cl)c1)n1c(C=Cc2cccc(Br)c2)nc2ccccc21. The molecule has 0 N–H and O–H groups in total. The highest BCUT2D eigenvalue weighted by Crippen LogP contribution is 2.26. The van der Waals surface area contributed by atoms with Gasteiger partial charge in [0, 0.05) is 9.50 Å². The molecular weight excluding hydrogens is 460 g/mol. The number of aromatic nitrogens is 2. The van der Waals surface area contributed by atoms with Crippen molar-refractivity contribution >= 4 is 60.7 Å². The van der Waals surface area contributed by atoms with E-state index in [1.807, 2.05) is 36.4 Å². The highest BCUT2D eigenvalue weighted by Gasteiger charge is 2.23. The van der Waals surface area contributed by atoms with Crippen molar-refractivity contribution in [2.24, 2.45) is 0 Å². The van der Waals surface area contributed by atoms with Crippen LogP contribution in [0.15, 0.2) is 82.2 Å². The van der Waals surface area contributed by atoms with Crippen molar-refractivity contribution in [3.8, 4) is 0 Å². The number of imidazole rings is 1. The van der Waals surface area contributed by atoms with Gasteiger partial charge in [-0.25, -0.2) is 17.4 Å². The second kappa shape index (κ2) is 7.54. The van der Waals surface area contributed by atoms with Crippen LogP contribution in [0.3, 0.4) is 0 Å². The molecule has 0 saturated carbocycles. The maximum atomic E-state index is 13.4. The van der Waals surface area contributed by atoms with Crippen LogP contribution in [0.2, 0.25) is 5.02 Å². The lowest BCUT2D eigenvalue weighted by Crippen LogP contribution is -2.14. The minimum absolute atomic E-state index is 0.111. The van der Waals surface area contributed by atoms with E-state index >= 15 is 0 Å². The predicted molar refractivity (Wildman–Crippen MR) is 117 cm³/mol. The number of hydrogen-bond acceptors (Lipinski definition) is 3. The van der Waals surface area contributed by atoms with Crippen molar-refractivity contribution in [2.45, 2.75) is 4.90 Å². The molecule has 0 spiro atoms. The van der Waals surface area contributed by atoms with Gasteiger partial charge in [-0.05, 0) is 54.1 Å². The van der Waals surface area contributed by atoms with Gasteiger partial charge >= 0.3 is 0 Å². The fourth-order valence-electron chi connectivity index (χ4n) is 2.89. The first-order chi connectivity index (χ1) is 13.4. The minimum atomic E-state index is -3.88. The van der Waals surface area contributed by atoms with Gasteiger partial charge in [0.05, 0.1) is 15.9 Å². The van der Waals surface area contributed by atoms with Gasteiger partial charge in [-0.3, -0.25) is 0 Å². The zero-order valence-corrected chi connectivity index (χ0v) is 17.6. The number of para-hydroxylation sites is 2. The summed E-state index contributed by atoms with van der Waals surface area (Å²) in [5.41, 5.74) is 2.03. The normalized spacial score (nSPS) is 12.1. The molecule has 3 aromatic carbocycles. The molecular formula is C21H14BrClN2O2S. The highest BCUT2D eigenvalue weighted by atomic mass is 79.9. The van der Waals surface area contributed by atoms with Crippen molar-refractivity contribution in [1.29, 1.82) is 0 Å². The summed E-state index contributed by atoms with van der Waals surface area (Å²) in [6, 6.07) is 21.1. The molecule has 4 aromatic rings. The van der Waals surface area contributed by atoms with Gasteiger partial charge in [-0.15, -0.1) is 0 Å². The molecule has 4 nitrogen and oxygen atoms in total. The number of benzene rings is 3. The van der Waals surface area contributed by atoms with Gasteiger partial charge in [-0.2, -0.15) is 0 Å². The number of nitrogens with zero attached hydrogens (tertiary/aromatic N) is 2. The Balaban J connectivity index is 1.91. The van der Waals surface area contributed by atoms with Crippen LogP contribution in [-0.2, 0) is 10.0 Å². The van der Waals surface area contributed by atoms with Crippen LogP contribution < -0.4 is 0 Å². The van der Waals surface area contributed by atoms with E-state index in [-0.39, 0.29) is 4.90 Å². The van der Waals surface area contributed by atoms with E-state index in [0.717, 1.165) is 10.0 Å². The molecule has 0 saturated heterocycles. The molecule has 7 heteroatoms. The van der Waals surface area contributed by atoms with Crippen LogP contribution >= 0.6 is 27.5 Å². The van der Waals surface area contributed by atoms with E-state index in [9.17, 15) is 8.42 Å². The molecule has 0 radical (unpaired) electrons. The summed E-state index contributed by atoms with van der Waals surface area (Å²) in [6.45, 7) is 0. The average Bonchev–Trinajstić information content (AvgIpc) is 3.05. The van der Waals surface area contributed by atoms with E-state index in [2.05, 4.69) is 20.9 Å². The lowest BCUT2D eigenvalue weighted by molar-refractivity contribution is 0.588. The fraction of sp³-hybridized carbons (Fsp3) is 0. The molecule has 0 aliphatic rings. The third-order valence-corrected chi connectivity index (χ3v) is 6.59. The average molecular weight is 474 g/mol. The summed E-state index contributed by atoms with van der Waals surface area (Å²) in [6.07, 6.45) is 3.53. The van der Waals surface area contributed by atoms with Crippen molar-refractivity contribution in [3.63, 3.8) is 0 Å². The largest absolute Gasteiger partial charge is 0.270 e. The maximum absolute atomic E-state index is 13.4. The van der Waals surface area contributed by atoms with Gasteiger partial charge < -0.3 is 0 Å². The van der Waals surface area contributed by atoms with Crippen LogP contribution in [-0.4, -0.2) is 17.4 Å². The van der Waals surface area contributed by atoms with E-state index < -0.39 is 10.0 Å². The van der Waals surface area contributed by atoms with Crippen LogP contribution in [0, 0.1) is 0 Å². The van der Waals surface area contributed by atoms with Crippen molar-refractivity contribution < 1.29 is 8.42 Å². The Labute approximate surface area is 176 Å². The van der Waals surface area contributed by atoms with E-state index in [1.165, 1.54) is 16.1 Å². The molecule has 0 unspecified atom stereocenters. The van der Waals surface area contributed by atoms with E-state index in [0.29, 0.717) is 21.9 Å². The maximum Gasteiger partial charge on any atom is 0.270 e. The van der Waals surface area contributed by atoms with Crippen LogP contribution in [0.4, 0.5) is 0 Å². The summed E-state index contributed by atoms with van der Waals surface area (Å²) in [5, 5.41) is 0.358. The predicted octanol–water partition coefficient (Wildman–Crippen LogP) is 5.86. The first-order valence-electron chi connectivity index (χ1n) is 8.37. The standard InChI is InChI=1S/C21H14BrClN2O2S/c22-16-6-3-5-15(13-16)11-12-21-24-19-9-1-2-10-20(19)25(21)28(26,27)18-8-4-7-17(23)14-18/h1-14H. The quantitative estimate of drug-likeness (QED) is 0.373. The summed E-state index contributed by atoms with van der Waals surface area (Å²) < 4.78 is 28.9. The summed E-state index contributed by atoms with van der Waals surface area (Å²) in [5.74, 6) is 0.321. The summed E-state index contributed by atoms with van der Waals surface area (Å²) >= 11 is 9.46. The molecule has 140 valence electrons. The Kier molecular flexibility index (Phi) is 5.10. The first-order valence-corrected chi connectivity index (χ1v) is 11.0. The van der Waals surface area contributed by atoms with Gasteiger partial charge in [0.15, 0.2) is 0 Å². The molecule has 0 amide bonds. The summed E-state index contributed by atoms with van der Waals surface area (Å²) in [4.78, 5) is 4.63. The van der Waals surface area contributed by atoms with E-state index in [1.54, 1.807) is 36.4 Å². The van der Waals surface area contributed by atoms with Crippen molar-refractivity contribution in [1.82, 2.24) is 8.96 Å². The van der Waals surface area contributed by atoms with Crippen LogP contribution in [0.5, 0.6) is 0 Å². The fourth-order valence-corrected chi connectivity index (χ4v) is 5.06. The van der Waals surface area contributed by atoms with Gasteiger partial charge in [0.1, 0.15) is 5.82 Å². The molecule has 0 aliphatic carbocycles. The van der Waals surface area contributed by atoms with Gasteiger partial charge in [-0.1, -0.05) is 63.9 Å². The molecule has 0 aliphatic heterocycles. The molecule has 1 heterocycles. The molecule has 1 aromatic heterocycles. The molecule has 0 fully saturated rings. The molecule has 0 atom stereocenters. The molecule has 0 bridgehead atoms. The third-order valence-electron chi connectivity index (χ3n) is 4.15. The van der Waals surface area contributed by atoms with E-state index in [4.69, 9.17) is 11.6 Å². The number of rotatable bonds is 4. The van der Waals surface area contributed by atoms with Crippen molar-refractivity contribution in [3.05, 3.63) is 93.7 Å². The number of fused-ring (bicyclic) bond motifs is 1. The van der Waals surface area contributed by atoms with Gasteiger partial charge in [0.25, 0.3) is 10.0 Å². The van der Waals surface area contributed by atoms with Crippen molar-refractivity contribution in [2.75, 3.05) is 0 Å². The second-order valence-electron chi connectivity index (χ2n) is 6.07. The number of halogens is 2. The molecule has 4 rings (SSSR count). The Morgan fingerprint density at radius 3 is 2.50 bits per heavy atom. The first kappa shape index (κ1) is 18.9. The monoisotopic (exact) mass is 472 g/mol. The summed E-state index contributed by atoms with van der Waals surface area (Å²) in [7, 11) is -3.88. The van der Waals surface area contributed by atoms with Crippen LogP contribution in [0.1, 0.15) is 11.4 Å². The molecule has 28 heavy (non-hydrogen) atoms. The number of hydrogen-bond donors (Lipinski definition) is 0. The smallest absolute Gasteiger partial charge is 0.228 e. The topological polar surface area (TPSA) is 52.0 Å². The Hall–Kier alpha value is -2.41.